The number of hydrogen-bond donors (Lipinski definition) is 3. The first-order valence-electron chi connectivity index (χ1n) is 5.96. The molecule has 0 saturated heterocycles. The number of aromatic nitrogens is 1. The predicted molar refractivity (Wildman–Crippen MR) is 82.4 cm³/mol. The number of hydrazone groups is 1. The van der Waals surface area contributed by atoms with Crippen LogP contribution in [0, 0.1) is 0 Å². The highest BCUT2D eigenvalue weighted by Gasteiger charge is 2.01. The molecular formula is C14H16N4S. The lowest BCUT2D eigenvalue weighted by atomic mass is 10.3. The largest absolute Gasteiger partial charge is 0.356 e. The quantitative estimate of drug-likeness (QED) is 0.339. The first kappa shape index (κ1) is 13.4. The van der Waals surface area contributed by atoms with E-state index in [-0.39, 0.29) is 5.50 Å². The van der Waals surface area contributed by atoms with Gasteiger partial charge in [0.1, 0.15) is 0 Å². The summed E-state index contributed by atoms with van der Waals surface area (Å²) in [4.78, 5) is 4.22. The Bertz CT molecular complexity index is 528. The molecule has 0 bridgehead atoms. The average Bonchev–Trinajstić information content (AvgIpc) is 2.47. The molecule has 1 atom stereocenters. The molecule has 4 nitrogen and oxygen atoms in total. The molecule has 0 saturated carbocycles. The Morgan fingerprint density at radius 3 is 2.58 bits per heavy atom. The van der Waals surface area contributed by atoms with E-state index in [1.807, 2.05) is 55.5 Å². The molecular weight excluding hydrogens is 256 g/mol. The lowest BCUT2D eigenvalue weighted by Crippen LogP contribution is -2.28. The molecule has 2 aromatic rings. The molecule has 0 amide bonds. The van der Waals surface area contributed by atoms with Gasteiger partial charge in [-0.2, -0.15) is 5.10 Å². The first-order valence-corrected chi connectivity index (χ1v) is 6.48. The Morgan fingerprint density at radius 1 is 1.16 bits per heavy atom. The summed E-state index contributed by atoms with van der Waals surface area (Å²) in [5, 5.41) is 7.43. The van der Waals surface area contributed by atoms with Gasteiger partial charge < -0.3 is 5.32 Å². The lowest BCUT2D eigenvalue weighted by molar-refractivity contribution is 0.750. The Balaban J connectivity index is 1.91. The van der Waals surface area contributed by atoms with Gasteiger partial charge in [-0.15, -0.1) is 12.6 Å². The van der Waals surface area contributed by atoms with E-state index in [0.29, 0.717) is 0 Å². The van der Waals surface area contributed by atoms with Gasteiger partial charge in [0.2, 0.25) is 0 Å². The predicted octanol–water partition coefficient (Wildman–Crippen LogP) is 2.72. The number of nitrogens with one attached hydrogen (secondary N) is 2. The third kappa shape index (κ3) is 4.30. The zero-order valence-electron chi connectivity index (χ0n) is 10.6. The molecule has 5 heteroatoms. The highest BCUT2D eigenvalue weighted by Crippen LogP contribution is 2.07. The summed E-state index contributed by atoms with van der Waals surface area (Å²) in [5.74, 6) is 0. The summed E-state index contributed by atoms with van der Waals surface area (Å²) in [6.45, 7) is 1.90. The standard InChI is InChI=1S/C14H16N4S/c1-11(13-9-5-6-10-15-13)17-18-14(19)16-12-7-3-2-4-8-12/h2-10,14,16,18-19H,1H3/b17-11+. The van der Waals surface area contributed by atoms with Crippen LogP contribution in [-0.4, -0.2) is 16.2 Å². The number of rotatable bonds is 5. The summed E-state index contributed by atoms with van der Waals surface area (Å²) in [5.41, 5.74) is 5.31. The number of benzene rings is 1. The highest BCUT2D eigenvalue weighted by atomic mass is 32.1. The van der Waals surface area contributed by atoms with Crippen LogP contribution in [0.2, 0.25) is 0 Å². The van der Waals surface area contributed by atoms with Crippen LogP contribution in [0.3, 0.4) is 0 Å². The maximum absolute atomic E-state index is 4.38. The van der Waals surface area contributed by atoms with Gasteiger partial charge in [-0.25, -0.2) is 0 Å². The second-order valence-corrected chi connectivity index (χ2v) is 4.47. The maximum atomic E-state index is 4.38. The molecule has 98 valence electrons. The number of thiol groups is 1. The van der Waals surface area contributed by atoms with Crippen LogP contribution in [0.4, 0.5) is 5.69 Å². The van der Waals surface area contributed by atoms with Crippen molar-refractivity contribution in [3.05, 3.63) is 60.4 Å². The molecule has 0 fully saturated rings. The van der Waals surface area contributed by atoms with E-state index in [4.69, 9.17) is 0 Å². The van der Waals surface area contributed by atoms with Gasteiger partial charge in [-0.1, -0.05) is 24.3 Å². The normalized spacial score (nSPS) is 12.8. The Morgan fingerprint density at radius 2 is 1.89 bits per heavy atom. The van der Waals surface area contributed by atoms with Crippen LogP contribution < -0.4 is 10.7 Å². The molecule has 0 aliphatic heterocycles. The summed E-state index contributed by atoms with van der Waals surface area (Å²) in [6, 6.07) is 15.6. The number of nitrogens with zero attached hydrogens (tertiary/aromatic N) is 2. The SMILES string of the molecule is C/C(=N\NC(S)Nc1ccccc1)c1ccccn1. The van der Waals surface area contributed by atoms with Crippen LogP contribution >= 0.6 is 12.6 Å². The minimum Gasteiger partial charge on any atom is -0.356 e. The molecule has 2 rings (SSSR count). The Labute approximate surface area is 118 Å². The van der Waals surface area contributed by atoms with Gasteiger partial charge in [0.15, 0.2) is 5.50 Å². The highest BCUT2D eigenvalue weighted by molar-refractivity contribution is 7.81. The van der Waals surface area contributed by atoms with Gasteiger partial charge in [-0.3, -0.25) is 10.4 Å². The molecule has 0 radical (unpaired) electrons. The molecule has 1 aromatic heterocycles. The van der Waals surface area contributed by atoms with E-state index in [1.165, 1.54) is 0 Å². The van der Waals surface area contributed by atoms with Crippen LogP contribution in [0.25, 0.3) is 0 Å². The second-order valence-electron chi connectivity index (χ2n) is 3.95. The number of hydrogen-bond acceptors (Lipinski definition) is 5. The molecule has 19 heavy (non-hydrogen) atoms. The van der Waals surface area contributed by atoms with Gasteiger partial charge in [-0.05, 0) is 31.2 Å². The maximum Gasteiger partial charge on any atom is 0.158 e. The monoisotopic (exact) mass is 272 g/mol. The minimum absolute atomic E-state index is 0.263. The van der Waals surface area contributed by atoms with Gasteiger partial charge in [0, 0.05) is 11.9 Å². The minimum atomic E-state index is -0.263. The van der Waals surface area contributed by atoms with Crippen LogP contribution in [0.1, 0.15) is 12.6 Å². The Kier molecular flexibility index (Phi) is 4.80. The molecule has 0 spiro atoms. The summed E-state index contributed by atoms with van der Waals surface area (Å²) >= 11 is 4.38. The fourth-order valence-corrected chi connectivity index (χ4v) is 1.72. The second kappa shape index (κ2) is 6.80. The molecule has 2 N–H and O–H groups in total. The third-order valence-electron chi connectivity index (χ3n) is 2.47. The van der Waals surface area contributed by atoms with Crippen LogP contribution in [0.15, 0.2) is 59.8 Å². The van der Waals surface area contributed by atoms with Crippen molar-refractivity contribution in [2.24, 2.45) is 5.10 Å². The van der Waals surface area contributed by atoms with E-state index in [0.717, 1.165) is 17.1 Å². The van der Waals surface area contributed by atoms with Crippen LogP contribution in [-0.2, 0) is 0 Å². The van der Waals surface area contributed by atoms with E-state index >= 15 is 0 Å². The average molecular weight is 272 g/mol. The third-order valence-corrected chi connectivity index (χ3v) is 2.71. The van der Waals surface area contributed by atoms with Crippen molar-refractivity contribution in [1.29, 1.82) is 0 Å². The number of anilines is 1. The fraction of sp³-hybridized carbons (Fsp3) is 0.143. The van der Waals surface area contributed by atoms with Crippen molar-refractivity contribution < 1.29 is 0 Å². The molecule has 1 heterocycles. The van der Waals surface area contributed by atoms with Gasteiger partial charge in [0.05, 0.1) is 11.4 Å². The van der Waals surface area contributed by atoms with Gasteiger partial charge >= 0.3 is 0 Å². The molecule has 1 aromatic carbocycles. The van der Waals surface area contributed by atoms with E-state index in [9.17, 15) is 0 Å². The summed E-state index contributed by atoms with van der Waals surface area (Å²) < 4.78 is 0. The van der Waals surface area contributed by atoms with E-state index < -0.39 is 0 Å². The van der Waals surface area contributed by atoms with Gasteiger partial charge in [0.25, 0.3) is 0 Å². The zero-order chi connectivity index (χ0) is 13.5. The lowest BCUT2D eigenvalue weighted by Gasteiger charge is -2.14. The topological polar surface area (TPSA) is 49.3 Å². The molecule has 0 aliphatic carbocycles. The van der Waals surface area contributed by atoms with Crippen molar-refractivity contribution in [3.63, 3.8) is 0 Å². The van der Waals surface area contributed by atoms with E-state index in [1.54, 1.807) is 6.20 Å². The zero-order valence-corrected chi connectivity index (χ0v) is 11.5. The first-order chi connectivity index (χ1) is 9.25. The van der Waals surface area contributed by atoms with Crippen molar-refractivity contribution in [3.8, 4) is 0 Å². The van der Waals surface area contributed by atoms with E-state index in [2.05, 4.69) is 33.5 Å². The smallest absolute Gasteiger partial charge is 0.158 e. The summed E-state index contributed by atoms with van der Waals surface area (Å²) in [7, 11) is 0. The van der Waals surface area contributed by atoms with Crippen molar-refractivity contribution >= 4 is 24.0 Å². The van der Waals surface area contributed by atoms with Crippen molar-refractivity contribution in [2.45, 2.75) is 12.4 Å². The van der Waals surface area contributed by atoms with Crippen molar-refractivity contribution in [2.75, 3.05) is 5.32 Å². The summed E-state index contributed by atoms with van der Waals surface area (Å²) in [6.07, 6.45) is 1.74. The molecule has 0 aliphatic rings. The Hall–Kier alpha value is -2.01. The van der Waals surface area contributed by atoms with Crippen LogP contribution in [0.5, 0.6) is 0 Å². The van der Waals surface area contributed by atoms with Crippen molar-refractivity contribution in [1.82, 2.24) is 10.4 Å². The number of pyridine rings is 1. The fourth-order valence-electron chi connectivity index (χ4n) is 1.52. The molecule has 1 unspecified atom stereocenters. The number of para-hydroxylation sites is 1.